The Bertz CT molecular complexity index is 333. The number of carbonyl (C=O) groups is 2. The van der Waals surface area contributed by atoms with E-state index < -0.39 is 11.4 Å². The molecule has 5 nitrogen and oxygen atoms in total. The smallest absolute Gasteiger partial charge is 0.315 e. The van der Waals surface area contributed by atoms with Crippen molar-refractivity contribution < 1.29 is 14.7 Å². The minimum absolute atomic E-state index is 0.160. The van der Waals surface area contributed by atoms with Crippen molar-refractivity contribution in [2.24, 2.45) is 11.3 Å². The summed E-state index contributed by atoms with van der Waals surface area (Å²) in [5.41, 5.74) is -0.892. The molecular formula is C14H26N2O3. The van der Waals surface area contributed by atoms with Crippen LogP contribution in [0, 0.1) is 11.3 Å². The third kappa shape index (κ3) is 4.73. The van der Waals surface area contributed by atoms with Gasteiger partial charge in [-0.15, -0.1) is 0 Å². The largest absolute Gasteiger partial charge is 0.481 e. The molecule has 1 fully saturated rings. The highest BCUT2D eigenvalue weighted by Gasteiger charge is 2.31. The molecule has 3 unspecified atom stereocenters. The van der Waals surface area contributed by atoms with Gasteiger partial charge in [0.1, 0.15) is 0 Å². The van der Waals surface area contributed by atoms with Crippen molar-refractivity contribution in [3.8, 4) is 0 Å². The zero-order valence-electron chi connectivity index (χ0n) is 12.2. The van der Waals surface area contributed by atoms with Crippen LogP contribution in [0.15, 0.2) is 0 Å². The van der Waals surface area contributed by atoms with E-state index in [9.17, 15) is 9.59 Å². The minimum atomic E-state index is -0.892. The number of amides is 2. The summed E-state index contributed by atoms with van der Waals surface area (Å²) in [5, 5.41) is 14.8. The Labute approximate surface area is 115 Å². The Morgan fingerprint density at radius 1 is 1.37 bits per heavy atom. The predicted octanol–water partition coefficient (Wildman–Crippen LogP) is 2.37. The van der Waals surface area contributed by atoms with Gasteiger partial charge in [0.2, 0.25) is 0 Å². The average Bonchev–Trinajstić information content (AvgIpc) is 2.35. The van der Waals surface area contributed by atoms with Gasteiger partial charge in [0, 0.05) is 12.6 Å². The third-order valence-corrected chi connectivity index (χ3v) is 4.21. The molecule has 0 bridgehead atoms. The molecule has 3 N–H and O–H groups in total. The molecule has 1 saturated carbocycles. The van der Waals surface area contributed by atoms with Crippen molar-refractivity contribution in [2.75, 3.05) is 6.54 Å². The van der Waals surface area contributed by atoms with Crippen LogP contribution < -0.4 is 10.6 Å². The zero-order chi connectivity index (χ0) is 14.5. The Morgan fingerprint density at radius 3 is 2.58 bits per heavy atom. The average molecular weight is 270 g/mol. The molecule has 0 aromatic rings. The lowest BCUT2D eigenvalue weighted by Crippen LogP contribution is -2.48. The summed E-state index contributed by atoms with van der Waals surface area (Å²) in [6, 6.07) is -0.0264. The van der Waals surface area contributed by atoms with Crippen molar-refractivity contribution in [2.45, 2.75) is 58.9 Å². The van der Waals surface area contributed by atoms with Crippen molar-refractivity contribution in [1.82, 2.24) is 10.6 Å². The Hall–Kier alpha value is -1.26. The van der Waals surface area contributed by atoms with Gasteiger partial charge in [-0.2, -0.15) is 0 Å². The van der Waals surface area contributed by atoms with Crippen LogP contribution in [0.5, 0.6) is 0 Å². The van der Waals surface area contributed by atoms with Crippen LogP contribution in [0.3, 0.4) is 0 Å². The van der Waals surface area contributed by atoms with Crippen LogP contribution in [-0.2, 0) is 4.79 Å². The van der Waals surface area contributed by atoms with E-state index in [1.807, 2.05) is 6.92 Å². The molecule has 0 aromatic carbocycles. The lowest BCUT2D eigenvalue weighted by Gasteiger charge is -2.28. The highest BCUT2D eigenvalue weighted by Crippen LogP contribution is 2.23. The molecule has 0 heterocycles. The molecule has 5 heteroatoms. The summed E-state index contributed by atoms with van der Waals surface area (Å²) in [5.74, 6) is -0.222. The fraction of sp³-hybridized carbons (Fsp3) is 0.857. The van der Waals surface area contributed by atoms with Gasteiger partial charge in [-0.3, -0.25) is 4.79 Å². The standard InChI is InChI=1S/C14H26N2O3/c1-4-14(3,12(17)18)9-15-13(19)16-11-7-5-6-10(2)8-11/h10-11H,4-9H2,1-3H3,(H,17,18)(H2,15,16,19). The Balaban J connectivity index is 2.37. The van der Waals surface area contributed by atoms with Crippen molar-refractivity contribution in [3.05, 3.63) is 0 Å². The van der Waals surface area contributed by atoms with Crippen LogP contribution in [0.25, 0.3) is 0 Å². The summed E-state index contributed by atoms with van der Waals surface area (Å²) in [6.07, 6.45) is 4.89. The van der Waals surface area contributed by atoms with Crippen LogP contribution in [0.2, 0.25) is 0 Å². The molecule has 1 aliphatic rings. The van der Waals surface area contributed by atoms with Gasteiger partial charge in [0.25, 0.3) is 0 Å². The molecule has 110 valence electrons. The van der Waals surface area contributed by atoms with Crippen LogP contribution in [0.1, 0.15) is 52.9 Å². The van der Waals surface area contributed by atoms with E-state index in [1.165, 1.54) is 6.42 Å². The zero-order valence-corrected chi connectivity index (χ0v) is 12.2. The normalized spacial score (nSPS) is 26.3. The number of aliphatic carboxylic acids is 1. The van der Waals surface area contributed by atoms with E-state index >= 15 is 0 Å². The van der Waals surface area contributed by atoms with E-state index in [-0.39, 0.29) is 18.6 Å². The minimum Gasteiger partial charge on any atom is -0.481 e. The lowest BCUT2D eigenvalue weighted by atomic mass is 9.87. The second-order valence-electron chi connectivity index (χ2n) is 6.02. The summed E-state index contributed by atoms with van der Waals surface area (Å²) in [7, 11) is 0. The van der Waals surface area contributed by atoms with Gasteiger partial charge in [0.05, 0.1) is 5.41 Å². The first-order valence-corrected chi connectivity index (χ1v) is 7.15. The van der Waals surface area contributed by atoms with Gasteiger partial charge < -0.3 is 15.7 Å². The van der Waals surface area contributed by atoms with Crippen LogP contribution >= 0.6 is 0 Å². The summed E-state index contributed by atoms with van der Waals surface area (Å²) in [4.78, 5) is 22.9. The molecule has 0 spiro atoms. The topological polar surface area (TPSA) is 78.4 Å². The number of carbonyl (C=O) groups excluding carboxylic acids is 1. The highest BCUT2D eigenvalue weighted by atomic mass is 16.4. The van der Waals surface area contributed by atoms with Gasteiger partial charge in [-0.25, -0.2) is 4.79 Å². The molecule has 0 aliphatic heterocycles. The lowest BCUT2D eigenvalue weighted by molar-refractivity contribution is -0.147. The predicted molar refractivity (Wildman–Crippen MR) is 74.0 cm³/mol. The second-order valence-corrected chi connectivity index (χ2v) is 6.02. The Morgan fingerprint density at radius 2 is 2.05 bits per heavy atom. The molecule has 2 amide bonds. The van der Waals surface area contributed by atoms with Crippen molar-refractivity contribution >= 4 is 12.0 Å². The van der Waals surface area contributed by atoms with Crippen molar-refractivity contribution in [1.29, 1.82) is 0 Å². The number of carboxylic acid groups (broad SMARTS) is 1. The van der Waals surface area contributed by atoms with Crippen LogP contribution in [0.4, 0.5) is 4.79 Å². The van der Waals surface area contributed by atoms with Gasteiger partial charge in [-0.05, 0) is 32.1 Å². The molecule has 1 aliphatic carbocycles. The third-order valence-electron chi connectivity index (χ3n) is 4.21. The first-order chi connectivity index (χ1) is 8.87. The maximum absolute atomic E-state index is 11.8. The molecule has 0 saturated heterocycles. The van der Waals surface area contributed by atoms with E-state index in [1.54, 1.807) is 6.92 Å². The van der Waals surface area contributed by atoms with E-state index in [0.29, 0.717) is 12.3 Å². The van der Waals surface area contributed by atoms with Gasteiger partial charge in [-0.1, -0.05) is 26.7 Å². The molecule has 19 heavy (non-hydrogen) atoms. The quantitative estimate of drug-likeness (QED) is 0.717. The van der Waals surface area contributed by atoms with Gasteiger partial charge >= 0.3 is 12.0 Å². The maximum Gasteiger partial charge on any atom is 0.315 e. The summed E-state index contributed by atoms with van der Waals surface area (Å²) >= 11 is 0. The molecule has 0 aromatic heterocycles. The SMILES string of the molecule is CCC(C)(CNC(=O)NC1CCCC(C)C1)C(=O)O. The second kappa shape index (κ2) is 6.78. The fourth-order valence-corrected chi connectivity index (χ4v) is 2.43. The highest BCUT2D eigenvalue weighted by molar-refractivity contribution is 5.77. The molecular weight excluding hydrogens is 244 g/mol. The van der Waals surface area contributed by atoms with E-state index in [2.05, 4.69) is 17.6 Å². The number of carboxylic acids is 1. The van der Waals surface area contributed by atoms with Crippen LogP contribution in [-0.4, -0.2) is 29.7 Å². The number of rotatable bonds is 5. The number of hydrogen-bond donors (Lipinski definition) is 3. The monoisotopic (exact) mass is 270 g/mol. The van der Waals surface area contributed by atoms with E-state index in [4.69, 9.17) is 5.11 Å². The molecule has 0 radical (unpaired) electrons. The van der Waals surface area contributed by atoms with Crippen molar-refractivity contribution in [3.63, 3.8) is 0 Å². The summed E-state index contributed by atoms with van der Waals surface area (Å²) in [6.45, 7) is 5.83. The Kier molecular flexibility index (Phi) is 5.63. The molecule has 1 rings (SSSR count). The van der Waals surface area contributed by atoms with Gasteiger partial charge in [0.15, 0.2) is 0 Å². The molecule has 3 atom stereocenters. The number of urea groups is 1. The van der Waals surface area contributed by atoms with E-state index in [0.717, 1.165) is 19.3 Å². The number of nitrogens with one attached hydrogen (secondary N) is 2. The first-order valence-electron chi connectivity index (χ1n) is 7.15. The fourth-order valence-electron chi connectivity index (χ4n) is 2.43. The first kappa shape index (κ1) is 15.8. The summed E-state index contributed by atoms with van der Waals surface area (Å²) < 4.78 is 0. The number of hydrogen-bond acceptors (Lipinski definition) is 2. The maximum atomic E-state index is 11.8.